The minimum absolute atomic E-state index is 0.173. The first kappa shape index (κ1) is 21.6. The summed E-state index contributed by atoms with van der Waals surface area (Å²) in [5, 5.41) is 6.43. The van der Waals surface area contributed by atoms with Crippen LogP contribution in [0.25, 0.3) is 0 Å². The number of amides is 1. The van der Waals surface area contributed by atoms with Crippen molar-refractivity contribution in [3.05, 3.63) is 89.3 Å². The molecule has 31 heavy (non-hydrogen) atoms. The molecule has 6 nitrogen and oxygen atoms in total. The highest BCUT2D eigenvalue weighted by atomic mass is 32.2. The van der Waals surface area contributed by atoms with Crippen molar-refractivity contribution in [3.8, 4) is 0 Å². The van der Waals surface area contributed by atoms with Crippen LogP contribution in [0, 0.1) is 0 Å². The Morgan fingerprint density at radius 1 is 0.935 bits per heavy atom. The second-order valence-electron chi connectivity index (χ2n) is 6.30. The third-order valence-corrected chi connectivity index (χ3v) is 8.86. The van der Waals surface area contributed by atoms with Gasteiger partial charge in [-0.15, -0.1) is 34.4 Å². The van der Waals surface area contributed by atoms with E-state index in [4.69, 9.17) is 0 Å². The minimum atomic E-state index is -3.60. The third kappa shape index (κ3) is 5.53. The van der Waals surface area contributed by atoms with Gasteiger partial charge in [0.1, 0.15) is 9.46 Å². The fraction of sp³-hybridized carbons (Fsp3) is 0.0476. The monoisotopic (exact) mass is 487 g/mol. The first-order chi connectivity index (χ1) is 15.0. The van der Waals surface area contributed by atoms with Crippen LogP contribution in [0.1, 0.15) is 10.8 Å². The molecule has 0 saturated carbocycles. The Labute approximate surface area is 192 Å². The van der Waals surface area contributed by atoms with Gasteiger partial charge >= 0.3 is 0 Å². The van der Waals surface area contributed by atoms with E-state index >= 15 is 0 Å². The highest BCUT2D eigenvalue weighted by Gasteiger charge is 2.23. The molecule has 1 unspecified atom stereocenters. The summed E-state index contributed by atoms with van der Waals surface area (Å²) < 4.78 is 27.6. The zero-order valence-corrected chi connectivity index (χ0v) is 19.2. The van der Waals surface area contributed by atoms with Crippen LogP contribution in [0.5, 0.6) is 0 Å². The van der Waals surface area contributed by atoms with Gasteiger partial charge in [-0.25, -0.2) is 13.4 Å². The number of hydrogen-bond donors (Lipinski definition) is 2. The number of thiophene rings is 1. The normalized spacial score (nSPS) is 12.3. The first-order valence-electron chi connectivity index (χ1n) is 9.10. The van der Waals surface area contributed by atoms with E-state index in [-0.39, 0.29) is 10.1 Å². The molecule has 2 N–H and O–H groups in total. The first-order valence-corrected chi connectivity index (χ1v) is 13.2. The highest BCUT2D eigenvalue weighted by molar-refractivity contribution is 8.00. The van der Waals surface area contributed by atoms with Crippen molar-refractivity contribution in [3.63, 3.8) is 0 Å². The van der Waals surface area contributed by atoms with Crippen molar-refractivity contribution in [1.82, 2.24) is 4.98 Å². The molecule has 0 aliphatic rings. The zero-order chi connectivity index (χ0) is 21.7. The maximum atomic E-state index is 12.9. The van der Waals surface area contributed by atoms with Gasteiger partial charge in [-0.3, -0.25) is 9.52 Å². The van der Waals surface area contributed by atoms with Crippen LogP contribution < -0.4 is 10.0 Å². The smallest absolute Gasteiger partial charge is 0.271 e. The average molecular weight is 488 g/mol. The molecule has 0 aliphatic carbocycles. The van der Waals surface area contributed by atoms with Gasteiger partial charge < -0.3 is 5.32 Å². The molecule has 1 atom stereocenters. The number of thioether (sulfide) groups is 1. The van der Waals surface area contributed by atoms with E-state index < -0.39 is 15.3 Å². The third-order valence-electron chi connectivity index (χ3n) is 4.12. The number of anilines is 2. The van der Waals surface area contributed by atoms with Gasteiger partial charge in [0.25, 0.3) is 10.0 Å². The Morgan fingerprint density at radius 2 is 1.71 bits per heavy atom. The molecule has 0 bridgehead atoms. The number of benzene rings is 2. The molecule has 158 valence electrons. The summed E-state index contributed by atoms with van der Waals surface area (Å²) in [5.74, 6) is -0.173. The SMILES string of the molecule is O=C(Nc1nccs1)C(Sc1ccc(NS(=O)(=O)c2cccs2)cc1)c1ccccc1. The molecule has 2 aromatic carbocycles. The highest BCUT2D eigenvalue weighted by Crippen LogP contribution is 2.37. The van der Waals surface area contributed by atoms with Gasteiger partial charge in [-0.1, -0.05) is 36.4 Å². The molecular formula is C21H17N3O3S4. The Bertz CT molecular complexity index is 1230. The Hall–Kier alpha value is -2.66. The van der Waals surface area contributed by atoms with Crippen LogP contribution in [-0.2, 0) is 14.8 Å². The number of aromatic nitrogens is 1. The molecule has 0 radical (unpaired) electrons. The number of nitrogens with zero attached hydrogens (tertiary/aromatic N) is 1. The summed E-state index contributed by atoms with van der Waals surface area (Å²) in [4.78, 5) is 17.9. The Morgan fingerprint density at radius 3 is 2.35 bits per heavy atom. The lowest BCUT2D eigenvalue weighted by atomic mass is 10.1. The second kappa shape index (κ2) is 9.65. The maximum absolute atomic E-state index is 12.9. The molecule has 0 aliphatic heterocycles. The maximum Gasteiger partial charge on any atom is 0.271 e. The quantitative estimate of drug-likeness (QED) is 0.322. The molecule has 2 aromatic heterocycles. The molecule has 4 aromatic rings. The van der Waals surface area contributed by atoms with Crippen molar-refractivity contribution in [2.24, 2.45) is 0 Å². The largest absolute Gasteiger partial charge is 0.301 e. The van der Waals surface area contributed by atoms with Crippen LogP contribution in [-0.4, -0.2) is 19.3 Å². The topological polar surface area (TPSA) is 88.2 Å². The standard InChI is InChI=1S/C21H17N3O3S4/c25-20(23-21-22-12-14-29-21)19(15-5-2-1-3-6-15)30-17-10-8-16(9-11-17)24-31(26,27)18-7-4-13-28-18/h1-14,19,24H,(H,22,23,25). The van der Waals surface area contributed by atoms with Crippen molar-refractivity contribution in [2.75, 3.05) is 10.0 Å². The molecule has 4 rings (SSSR count). The van der Waals surface area contributed by atoms with E-state index in [1.807, 2.05) is 30.3 Å². The molecule has 1 amide bonds. The van der Waals surface area contributed by atoms with Gasteiger partial charge in [0.05, 0.1) is 0 Å². The van der Waals surface area contributed by atoms with Crippen LogP contribution in [0.3, 0.4) is 0 Å². The fourth-order valence-electron chi connectivity index (χ4n) is 2.72. The van der Waals surface area contributed by atoms with Crippen molar-refractivity contribution in [1.29, 1.82) is 0 Å². The molecule has 0 spiro atoms. The zero-order valence-electron chi connectivity index (χ0n) is 16.0. The number of sulfonamides is 1. The lowest BCUT2D eigenvalue weighted by Crippen LogP contribution is -2.18. The molecule has 10 heteroatoms. The fourth-order valence-corrected chi connectivity index (χ4v) is 6.32. The van der Waals surface area contributed by atoms with Crippen molar-refractivity contribution >= 4 is 61.2 Å². The van der Waals surface area contributed by atoms with Crippen LogP contribution in [0.4, 0.5) is 10.8 Å². The van der Waals surface area contributed by atoms with E-state index in [1.165, 1.54) is 23.1 Å². The van der Waals surface area contributed by atoms with E-state index in [2.05, 4.69) is 15.0 Å². The van der Waals surface area contributed by atoms with Crippen LogP contribution >= 0.6 is 34.4 Å². The van der Waals surface area contributed by atoms with Gasteiger partial charge in [0.15, 0.2) is 5.13 Å². The van der Waals surface area contributed by atoms with Crippen molar-refractivity contribution < 1.29 is 13.2 Å². The van der Waals surface area contributed by atoms with Gasteiger partial charge in [-0.05, 0) is 41.3 Å². The lowest BCUT2D eigenvalue weighted by molar-refractivity contribution is -0.115. The summed E-state index contributed by atoms with van der Waals surface area (Å²) in [6.45, 7) is 0. The summed E-state index contributed by atoms with van der Waals surface area (Å²) in [6.07, 6.45) is 1.64. The number of carbonyl (C=O) groups excluding carboxylic acids is 1. The summed E-state index contributed by atoms with van der Waals surface area (Å²) in [6, 6.07) is 19.7. The Kier molecular flexibility index (Phi) is 6.71. The van der Waals surface area contributed by atoms with E-state index in [1.54, 1.807) is 53.4 Å². The van der Waals surface area contributed by atoms with Gasteiger partial charge in [-0.2, -0.15) is 0 Å². The molecule has 0 fully saturated rings. The number of rotatable bonds is 8. The molecule has 2 heterocycles. The summed E-state index contributed by atoms with van der Waals surface area (Å²) in [7, 11) is -3.60. The Balaban J connectivity index is 1.51. The van der Waals surface area contributed by atoms with E-state index in [0.29, 0.717) is 10.8 Å². The number of carbonyl (C=O) groups is 1. The summed E-state index contributed by atoms with van der Waals surface area (Å²) >= 11 is 3.90. The average Bonchev–Trinajstić information content (AvgIpc) is 3.48. The van der Waals surface area contributed by atoms with Gasteiger partial charge in [0.2, 0.25) is 5.91 Å². The molecular weight excluding hydrogens is 471 g/mol. The number of hydrogen-bond acceptors (Lipinski definition) is 7. The van der Waals surface area contributed by atoms with Gasteiger partial charge in [0, 0.05) is 22.2 Å². The predicted octanol–water partition coefficient (Wildman–Crippen LogP) is 5.48. The lowest BCUT2D eigenvalue weighted by Gasteiger charge is -2.16. The molecule has 0 saturated heterocycles. The number of nitrogens with one attached hydrogen (secondary N) is 2. The van der Waals surface area contributed by atoms with Crippen molar-refractivity contribution in [2.45, 2.75) is 14.4 Å². The van der Waals surface area contributed by atoms with E-state index in [0.717, 1.165) is 21.8 Å². The number of thiazole rings is 1. The minimum Gasteiger partial charge on any atom is -0.301 e. The summed E-state index contributed by atoms with van der Waals surface area (Å²) in [5.41, 5.74) is 1.32. The second-order valence-corrected chi connectivity index (χ2v) is 11.2. The van der Waals surface area contributed by atoms with Crippen LogP contribution in [0.2, 0.25) is 0 Å². The van der Waals surface area contributed by atoms with E-state index in [9.17, 15) is 13.2 Å². The van der Waals surface area contributed by atoms with Crippen LogP contribution in [0.15, 0.2) is 92.8 Å². The predicted molar refractivity (Wildman–Crippen MR) is 127 cm³/mol.